The zero-order chi connectivity index (χ0) is 25.2. The van der Waals surface area contributed by atoms with Gasteiger partial charge in [0, 0.05) is 35.5 Å². The van der Waals surface area contributed by atoms with E-state index < -0.39 is 12.0 Å². The van der Waals surface area contributed by atoms with Gasteiger partial charge in [0.2, 0.25) is 17.7 Å². The smallest absolute Gasteiger partial charge is 0.229 e. The van der Waals surface area contributed by atoms with Crippen molar-refractivity contribution in [1.29, 1.82) is 0 Å². The Hall–Kier alpha value is -4.13. The molecule has 0 spiro atoms. The van der Waals surface area contributed by atoms with Crippen LogP contribution in [0.4, 0.5) is 17.1 Å². The maximum atomic E-state index is 13.7. The second-order valence-electron chi connectivity index (χ2n) is 9.34. The number of amides is 3. The van der Waals surface area contributed by atoms with Gasteiger partial charge in [0.15, 0.2) is 0 Å². The van der Waals surface area contributed by atoms with Crippen LogP contribution in [0.25, 0.3) is 0 Å². The summed E-state index contributed by atoms with van der Waals surface area (Å²) in [4.78, 5) is 40.5. The third kappa shape index (κ3) is 4.56. The van der Waals surface area contributed by atoms with Gasteiger partial charge in [0.25, 0.3) is 0 Å². The molecule has 2 aliphatic heterocycles. The Labute approximate surface area is 210 Å². The number of hydrogen-bond donors (Lipinski definition) is 2. The lowest BCUT2D eigenvalue weighted by Gasteiger charge is -2.41. The molecule has 2 atom stereocenters. The van der Waals surface area contributed by atoms with Crippen LogP contribution >= 0.6 is 0 Å². The van der Waals surface area contributed by atoms with Gasteiger partial charge in [-0.3, -0.25) is 14.4 Å². The van der Waals surface area contributed by atoms with E-state index in [1.165, 1.54) is 0 Å². The average Bonchev–Trinajstić information content (AvgIpc) is 2.89. The van der Waals surface area contributed by atoms with Crippen molar-refractivity contribution < 1.29 is 19.1 Å². The number of rotatable bonds is 5. The van der Waals surface area contributed by atoms with E-state index >= 15 is 0 Å². The number of hydrogen-bond acceptors (Lipinski definition) is 4. The summed E-state index contributed by atoms with van der Waals surface area (Å²) < 4.78 is 5.65. The van der Waals surface area contributed by atoms with Crippen molar-refractivity contribution in [3.63, 3.8) is 0 Å². The van der Waals surface area contributed by atoms with E-state index in [0.29, 0.717) is 30.7 Å². The quantitative estimate of drug-likeness (QED) is 0.534. The molecule has 36 heavy (non-hydrogen) atoms. The Bertz CT molecular complexity index is 1320. The summed E-state index contributed by atoms with van der Waals surface area (Å²) in [5.41, 5.74) is 5.09. The summed E-state index contributed by atoms with van der Waals surface area (Å²) in [5.74, 6) is -0.0340. The number of carbonyl (C=O) groups is 3. The molecule has 2 unspecified atom stereocenters. The minimum Gasteiger partial charge on any atom is -0.496 e. The molecule has 0 aromatic heterocycles. The molecule has 1 fully saturated rings. The van der Waals surface area contributed by atoms with Gasteiger partial charge in [-0.15, -0.1) is 0 Å². The minimum absolute atomic E-state index is 0.00186. The lowest BCUT2D eigenvalue weighted by molar-refractivity contribution is -0.126. The highest BCUT2D eigenvalue weighted by Gasteiger charge is 2.42. The fourth-order valence-corrected chi connectivity index (χ4v) is 5.14. The number of para-hydroxylation sites is 1. The lowest BCUT2D eigenvalue weighted by Crippen LogP contribution is -2.47. The third-order valence-electron chi connectivity index (χ3n) is 6.97. The van der Waals surface area contributed by atoms with Gasteiger partial charge in [0.05, 0.1) is 19.1 Å². The number of nitrogens with one attached hydrogen (secondary N) is 2. The SMILES string of the molecule is COc1ccccc1C1C(C(=O)Nc2ccc3c(c2)CCC(=O)N3)CCC(=O)N1c1ccc(C)cc1. The predicted octanol–water partition coefficient (Wildman–Crippen LogP) is 5.01. The molecule has 3 aromatic carbocycles. The monoisotopic (exact) mass is 483 g/mol. The number of aryl methyl sites for hydroxylation is 2. The van der Waals surface area contributed by atoms with Crippen molar-refractivity contribution in [2.45, 2.75) is 38.6 Å². The Morgan fingerprint density at radius 2 is 1.78 bits per heavy atom. The molecule has 7 heteroatoms. The number of methoxy groups -OCH3 is 1. The number of benzene rings is 3. The fourth-order valence-electron chi connectivity index (χ4n) is 5.14. The molecular formula is C29H29N3O4. The van der Waals surface area contributed by atoms with Crippen molar-refractivity contribution in [2.24, 2.45) is 5.92 Å². The maximum Gasteiger partial charge on any atom is 0.229 e. The van der Waals surface area contributed by atoms with Crippen molar-refractivity contribution in [3.05, 3.63) is 83.4 Å². The van der Waals surface area contributed by atoms with Crippen LogP contribution in [0.5, 0.6) is 5.75 Å². The first-order valence-electron chi connectivity index (χ1n) is 12.2. The molecule has 3 aromatic rings. The molecule has 3 amide bonds. The van der Waals surface area contributed by atoms with Crippen LogP contribution < -0.4 is 20.3 Å². The van der Waals surface area contributed by atoms with Crippen molar-refractivity contribution in [3.8, 4) is 5.75 Å². The average molecular weight is 484 g/mol. The molecule has 2 N–H and O–H groups in total. The summed E-state index contributed by atoms with van der Waals surface area (Å²) in [6, 6.07) is 20.4. The zero-order valence-corrected chi connectivity index (χ0v) is 20.4. The van der Waals surface area contributed by atoms with E-state index in [9.17, 15) is 14.4 Å². The largest absolute Gasteiger partial charge is 0.496 e. The maximum absolute atomic E-state index is 13.7. The number of fused-ring (bicyclic) bond motifs is 1. The van der Waals surface area contributed by atoms with Gasteiger partial charge in [-0.2, -0.15) is 0 Å². The number of nitrogens with zero attached hydrogens (tertiary/aromatic N) is 1. The fraction of sp³-hybridized carbons (Fsp3) is 0.276. The number of anilines is 3. The minimum atomic E-state index is -0.526. The van der Waals surface area contributed by atoms with E-state index in [2.05, 4.69) is 10.6 Å². The van der Waals surface area contributed by atoms with Gasteiger partial charge < -0.3 is 20.3 Å². The van der Waals surface area contributed by atoms with Crippen LogP contribution in [0, 0.1) is 12.8 Å². The second kappa shape index (κ2) is 9.85. The second-order valence-corrected chi connectivity index (χ2v) is 9.34. The summed E-state index contributed by atoms with van der Waals surface area (Å²) in [6.45, 7) is 2.00. The van der Waals surface area contributed by atoms with Gasteiger partial charge in [-0.25, -0.2) is 0 Å². The highest BCUT2D eigenvalue weighted by atomic mass is 16.5. The molecule has 0 radical (unpaired) electrons. The highest BCUT2D eigenvalue weighted by molar-refractivity contribution is 6.01. The first-order valence-corrected chi connectivity index (χ1v) is 12.2. The summed E-state index contributed by atoms with van der Waals surface area (Å²) >= 11 is 0. The molecule has 2 aliphatic rings. The molecule has 7 nitrogen and oxygen atoms in total. The van der Waals surface area contributed by atoms with Gasteiger partial charge in [0.1, 0.15) is 5.75 Å². The van der Waals surface area contributed by atoms with Gasteiger partial charge >= 0.3 is 0 Å². The van der Waals surface area contributed by atoms with E-state index in [1.807, 2.05) is 67.6 Å². The standard InChI is InChI=1S/C29H29N3O4/c1-18-7-11-21(12-8-18)32-27(34)16-13-23(28(32)22-5-3-4-6-25(22)36-2)29(35)30-20-10-14-24-19(17-20)9-15-26(33)31-24/h3-8,10-12,14,17,23,28H,9,13,15-16H2,1-2H3,(H,30,35)(H,31,33). The summed E-state index contributed by atoms with van der Waals surface area (Å²) in [6.07, 6.45) is 1.76. The van der Waals surface area contributed by atoms with Crippen LogP contribution in [0.15, 0.2) is 66.7 Å². The number of piperidine rings is 1. The first kappa shape index (κ1) is 23.6. The van der Waals surface area contributed by atoms with Gasteiger partial charge in [-0.05, 0) is 61.7 Å². The molecule has 2 heterocycles. The number of ether oxygens (including phenoxy) is 1. The van der Waals surface area contributed by atoms with E-state index in [0.717, 1.165) is 28.1 Å². The Morgan fingerprint density at radius 3 is 2.56 bits per heavy atom. The topological polar surface area (TPSA) is 87.7 Å². The van der Waals surface area contributed by atoms with Crippen LogP contribution in [0.2, 0.25) is 0 Å². The van der Waals surface area contributed by atoms with Crippen LogP contribution in [-0.2, 0) is 20.8 Å². The van der Waals surface area contributed by atoms with Crippen molar-refractivity contribution >= 4 is 34.8 Å². The first-order chi connectivity index (χ1) is 17.4. The van der Waals surface area contributed by atoms with Crippen LogP contribution in [0.3, 0.4) is 0 Å². The highest BCUT2D eigenvalue weighted by Crippen LogP contribution is 2.43. The molecule has 5 rings (SSSR count). The van der Waals surface area contributed by atoms with Crippen molar-refractivity contribution in [2.75, 3.05) is 22.6 Å². The summed E-state index contributed by atoms with van der Waals surface area (Å²) in [5, 5.41) is 5.94. The molecule has 0 bridgehead atoms. The molecule has 0 aliphatic carbocycles. The number of carbonyl (C=O) groups excluding carboxylic acids is 3. The Kier molecular flexibility index (Phi) is 6.46. The summed E-state index contributed by atoms with van der Waals surface area (Å²) in [7, 11) is 1.60. The lowest BCUT2D eigenvalue weighted by atomic mass is 9.82. The molecule has 1 saturated heterocycles. The van der Waals surface area contributed by atoms with Crippen LogP contribution in [0.1, 0.15) is 42.0 Å². The molecular weight excluding hydrogens is 454 g/mol. The third-order valence-corrected chi connectivity index (χ3v) is 6.97. The zero-order valence-electron chi connectivity index (χ0n) is 20.4. The van der Waals surface area contributed by atoms with E-state index in [-0.39, 0.29) is 24.1 Å². The normalized spacial score (nSPS) is 19.3. The predicted molar refractivity (Wildman–Crippen MR) is 139 cm³/mol. The van der Waals surface area contributed by atoms with Crippen molar-refractivity contribution in [1.82, 2.24) is 0 Å². The Morgan fingerprint density at radius 1 is 1.00 bits per heavy atom. The Balaban J connectivity index is 1.51. The van der Waals surface area contributed by atoms with Crippen LogP contribution in [-0.4, -0.2) is 24.8 Å². The molecule has 0 saturated carbocycles. The van der Waals surface area contributed by atoms with Gasteiger partial charge in [-0.1, -0.05) is 35.9 Å². The van der Waals surface area contributed by atoms with E-state index in [1.54, 1.807) is 18.1 Å². The molecule has 184 valence electrons. The van der Waals surface area contributed by atoms with E-state index in [4.69, 9.17) is 4.74 Å².